The second kappa shape index (κ2) is 36.4. The lowest BCUT2D eigenvalue weighted by Crippen LogP contribution is -2.34. The molecular weight excluding hydrogens is 697 g/mol. The zero-order chi connectivity index (χ0) is 39.3. The molecule has 0 aliphatic carbocycles. The van der Waals surface area contributed by atoms with Gasteiger partial charge in [0, 0.05) is 12.8 Å². The first-order valence-corrected chi connectivity index (χ1v) is 21.7. The molecule has 0 aromatic carbocycles. The molecule has 0 fully saturated rings. The third kappa shape index (κ3) is 36.2. The number of unbranched alkanes of at least 4 members (excludes halogenated alkanes) is 15. The number of carbonyl (C=O) groups excluding carboxylic acids is 2. The average Bonchev–Trinajstić information content (AvgIpc) is 3.13. The van der Waals surface area contributed by atoms with Gasteiger partial charge in [0.2, 0.25) is 0 Å². The zero-order valence-corrected chi connectivity index (χ0v) is 33.7. The van der Waals surface area contributed by atoms with Crippen LogP contribution in [0.5, 0.6) is 0 Å². The number of esters is 2. The van der Waals surface area contributed by atoms with Gasteiger partial charge in [-0.05, 0) is 51.4 Å². The van der Waals surface area contributed by atoms with Gasteiger partial charge >= 0.3 is 25.7 Å². The molecule has 0 rings (SSSR count). The van der Waals surface area contributed by atoms with Crippen LogP contribution in [0.2, 0.25) is 0 Å². The summed E-state index contributed by atoms with van der Waals surface area (Å²) in [5.41, 5.74) is 5.32. The molecule has 12 heteroatoms. The van der Waals surface area contributed by atoms with Crippen molar-refractivity contribution < 1.29 is 47.5 Å². The fraction of sp³-hybridized carbons (Fsp3) is 0.732. The number of ether oxygens (including phenoxy) is 2. The molecule has 306 valence electrons. The van der Waals surface area contributed by atoms with Crippen molar-refractivity contribution in [3.8, 4) is 0 Å². The molecule has 4 N–H and O–H groups in total. The molecule has 0 bridgehead atoms. The van der Waals surface area contributed by atoms with Crippen molar-refractivity contribution in [3.05, 3.63) is 48.6 Å². The van der Waals surface area contributed by atoms with Gasteiger partial charge in [-0.25, -0.2) is 4.57 Å². The highest BCUT2D eigenvalue weighted by molar-refractivity contribution is 7.47. The van der Waals surface area contributed by atoms with Gasteiger partial charge in [-0.1, -0.05) is 146 Å². The first kappa shape index (κ1) is 50.4. The van der Waals surface area contributed by atoms with E-state index in [1.165, 1.54) is 64.2 Å². The Morgan fingerprint density at radius 2 is 1.06 bits per heavy atom. The lowest BCUT2D eigenvalue weighted by Gasteiger charge is -2.20. The number of phosphoric ester groups is 1. The van der Waals surface area contributed by atoms with Crippen LogP contribution in [0.4, 0.5) is 0 Å². The van der Waals surface area contributed by atoms with E-state index in [-0.39, 0.29) is 19.4 Å². The molecule has 0 amide bonds. The number of rotatable bonds is 37. The summed E-state index contributed by atoms with van der Waals surface area (Å²) in [4.78, 5) is 45.8. The maximum Gasteiger partial charge on any atom is 0.472 e. The SMILES string of the molecule is CC/C=C\C/C=C\C/C=C\C/C=C\CCCCC(=O)O[C@H](COC(=O)CCCCCCCCCCCCCCCC)COP(=O)(O)OC[C@H](N)C(=O)O. The summed E-state index contributed by atoms with van der Waals surface area (Å²) in [6.45, 7) is 2.63. The monoisotopic (exact) mass is 769 g/mol. The minimum Gasteiger partial charge on any atom is -0.480 e. The topological polar surface area (TPSA) is 172 Å². The fourth-order valence-corrected chi connectivity index (χ4v) is 5.95. The Kier molecular flexibility index (Phi) is 34.7. The Bertz CT molecular complexity index is 1090. The number of carboxylic acids is 1. The summed E-state index contributed by atoms with van der Waals surface area (Å²) in [7, 11) is -4.72. The van der Waals surface area contributed by atoms with Gasteiger partial charge in [0.15, 0.2) is 6.10 Å². The van der Waals surface area contributed by atoms with E-state index in [1.54, 1.807) is 0 Å². The van der Waals surface area contributed by atoms with E-state index in [0.29, 0.717) is 12.8 Å². The predicted octanol–water partition coefficient (Wildman–Crippen LogP) is 10.2. The number of hydrogen-bond donors (Lipinski definition) is 3. The lowest BCUT2D eigenvalue weighted by molar-refractivity contribution is -0.161. The third-order valence-corrected chi connectivity index (χ3v) is 9.29. The van der Waals surface area contributed by atoms with E-state index < -0.39 is 51.1 Å². The number of nitrogens with two attached hydrogens (primary N) is 1. The molecular formula is C41H72NO10P. The van der Waals surface area contributed by atoms with Crippen molar-refractivity contribution in [2.75, 3.05) is 19.8 Å². The predicted molar refractivity (Wildman–Crippen MR) is 212 cm³/mol. The van der Waals surface area contributed by atoms with E-state index in [1.807, 2.05) is 0 Å². The largest absolute Gasteiger partial charge is 0.480 e. The molecule has 0 saturated heterocycles. The second-order valence-electron chi connectivity index (χ2n) is 13.4. The van der Waals surface area contributed by atoms with Gasteiger partial charge in [-0.3, -0.25) is 23.4 Å². The molecule has 0 heterocycles. The van der Waals surface area contributed by atoms with E-state index in [2.05, 4.69) is 67.0 Å². The first-order chi connectivity index (χ1) is 25.6. The molecule has 0 spiro atoms. The van der Waals surface area contributed by atoms with Crippen molar-refractivity contribution in [1.82, 2.24) is 0 Å². The highest BCUT2D eigenvalue weighted by Gasteiger charge is 2.28. The molecule has 3 atom stereocenters. The maximum atomic E-state index is 12.6. The Labute approximate surface area is 320 Å². The number of carboxylic acid groups (broad SMARTS) is 1. The summed E-state index contributed by atoms with van der Waals surface area (Å²) in [6, 6.07) is -1.53. The Balaban J connectivity index is 4.48. The van der Waals surface area contributed by atoms with Crippen LogP contribution in [0.25, 0.3) is 0 Å². The number of phosphoric acid groups is 1. The maximum absolute atomic E-state index is 12.6. The van der Waals surface area contributed by atoms with Gasteiger partial charge in [-0.2, -0.15) is 0 Å². The van der Waals surface area contributed by atoms with Crippen molar-refractivity contribution in [2.24, 2.45) is 5.73 Å². The lowest BCUT2D eigenvalue weighted by atomic mass is 10.0. The van der Waals surface area contributed by atoms with E-state index in [9.17, 15) is 23.8 Å². The van der Waals surface area contributed by atoms with E-state index in [4.69, 9.17) is 24.8 Å². The molecule has 1 unspecified atom stereocenters. The van der Waals surface area contributed by atoms with Crippen LogP contribution in [0, 0.1) is 0 Å². The Morgan fingerprint density at radius 1 is 0.604 bits per heavy atom. The van der Waals surface area contributed by atoms with Gasteiger partial charge < -0.3 is 25.2 Å². The van der Waals surface area contributed by atoms with E-state index in [0.717, 1.165) is 57.8 Å². The highest BCUT2D eigenvalue weighted by atomic mass is 31.2. The number of hydrogen-bond acceptors (Lipinski definition) is 9. The van der Waals surface area contributed by atoms with Crippen LogP contribution >= 0.6 is 7.82 Å². The van der Waals surface area contributed by atoms with Crippen molar-refractivity contribution in [1.29, 1.82) is 0 Å². The van der Waals surface area contributed by atoms with Gasteiger partial charge in [0.25, 0.3) is 0 Å². The van der Waals surface area contributed by atoms with Crippen LogP contribution in [0.3, 0.4) is 0 Å². The summed E-state index contributed by atoms with van der Waals surface area (Å²) in [5, 5.41) is 8.87. The highest BCUT2D eigenvalue weighted by Crippen LogP contribution is 2.43. The molecule has 0 saturated carbocycles. The van der Waals surface area contributed by atoms with E-state index >= 15 is 0 Å². The minimum atomic E-state index is -4.72. The van der Waals surface area contributed by atoms with Crippen LogP contribution in [-0.2, 0) is 37.5 Å². The smallest absolute Gasteiger partial charge is 0.472 e. The molecule has 0 radical (unpaired) electrons. The van der Waals surface area contributed by atoms with Gasteiger partial charge in [0.05, 0.1) is 13.2 Å². The molecule has 0 aromatic heterocycles. The molecule has 11 nitrogen and oxygen atoms in total. The fourth-order valence-electron chi connectivity index (χ4n) is 5.17. The molecule has 0 aliphatic heterocycles. The first-order valence-electron chi connectivity index (χ1n) is 20.2. The van der Waals surface area contributed by atoms with Crippen LogP contribution < -0.4 is 5.73 Å². The van der Waals surface area contributed by atoms with Crippen molar-refractivity contribution in [3.63, 3.8) is 0 Å². The van der Waals surface area contributed by atoms with Gasteiger partial charge in [-0.15, -0.1) is 0 Å². The third-order valence-electron chi connectivity index (χ3n) is 8.34. The Hall–Kier alpha value is -2.56. The standard InChI is InChI=1S/C41H72NO10P/c1-3-5-7-9-11-13-15-17-19-21-23-25-27-29-31-33-40(44)52-37(35-50-53(47,48)51-36-38(42)41(45)46)34-49-39(43)32-30-28-26-24-22-20-18-16-14-12-10-8-6-4-2/h5,7,11,13,17,19,23,25,37-38H,3-4,6,8-10,12,14-16,18,20-22,24,26-36,42H2,1-2H3,(H,45,46)(H,47,48)/b7-5-,13-11-,19-17-,25-23-/t37-,38+/m1/s1. The summed E-state index contributed by atoms with van der Waals surface area (Å²) >= 11 is 0. The van der Waals surface area contributed by atoms with Crippen molar-refractivity contribution >= 4 is 25.7 Å². The summed E-state index contributed by atoms with van der Waals surface area (Å²) in [6.07, 6.45) is 39.0. The Morgan fingerprint density at radius 3 is 1.58 bits per heavy atom. The van der Waals surface area contributed by atoms with Crippen LogP contribution in [-0.4, -0.2) is 59.9 Å². The number of carbonyl (C=O) groups is 3. The molecule has 0 aliphatic rings. The average molecular weight is 770 g/mol. The summed E-state index contributed by atoms with van der Waals surface area (Å²) in [5.74, 6) is -2.43. The molecule has 53 heavy (non-hydrogen) atoms. The zero-order valence-electron chi connectivity index (χ0n) is 32.8. The second-order valence-corrected chi connectivity index (χ2v) is 14.8. The van der Waals surface area contributed by atoms with Crippen LogP contribution in [0.1, 0.15) is 162 Å². The van der Waals surface area contributed by atoms with Crippen molar-refractivity contribution in [2.45, 2.75) is 174 Å². The summed E-state index contributed by atoms with van der Waals surface area (Å²) < 4.78 is 32.6. The van der Waals surface area contributed by atoms with Crippen LogP contribution in [0.15, 0.2) is 48.6 Å². The normalized spacial score (nSPS) is 14.3. The number of allylic oxidation sites excluding steroid dienone is 8. The van der Waals surface area contributed by atoms with Gasteiger partial charge in [0.1, 0.15) is 12.6 Å². The molecule has 0 aromatic rings. The number of aliphatic carboxylic acids is 1. The quantitative estimate of drug-likeness (QED) is 0.0238. The minimum absolute atomic E-state index is 0.109.